The number of nitro benzene ring substituents is 1. The number of non-ortho nitro benzene ring substituents is 1. The van der Waals surface area contributed by atoms with E-state index < -0.39 is 10.8 Å². The molecule has 7 nitrogen and oxygen atoms in total. The number of hydrogen-bond acceptors (Lipinski definition) is 5. The molecule has 1 amide bonds. The number of furan rings is 1. The van der Waals surface area contributed by atoms with Crippen LogP contribution >= 0.6 is 34.8 Å². The van der Waals surface area contributed by atoms with Crippen LogP contribution in [-0.4, -0.2) is 16.5 Å². The number of nitro groups is 1. The Labute approximate surface area is 191 Å². The van der Waals surface area contributed by atoms with E-state index in [0.29, 0.717) is 33.4 Å². The maximum Gasteiger partial charge on any atom is 0.280 e. The fourth-order valence-electron chi connectivity index (χ4n) is 3.05. The third kappa shape index (κ3) is 4.07. The summed E-state index contributed by atoms with van der Waals surface area (Å²) in [5.41, 5.74) is 1.67. The summed E-state index contributed by atoms with van der Waals surface area (Å²) in [7, 11) is 0. The molecule has 4 rings (SSSR count). The number of rotatable bonds is 4. The third-order valence-corrected chi connectivity index (χ3v) is 5.33. The smallest absolute Gasteiger partial charge is 0.280 e. The molecule has 31 heavy (non-hydrogen) atoms. The maximum atomic E-state index is 13.0. The molecule has 156 valence electrons. The van der Waals surface area contributed by atoms with E-state index >= 15 is 0 Å². The van der Waals surface area contributed by atoms with E-state index in [9.17, 15) is 14.9 Å². The minimum atomic E-state index is -0.472. The molecule has 0 radical (unpaired) electrons. The Morgan fingerprint density at radius 2 is 1.71 bits per heavy atom. The first-order valence-electron chi connectivity index (χ1n) is 8.85. The second-order valence-electron chi connectivity index (χ2n) is 6.58. The SMILES string of the molecule is CC1=NN(c2c(Cl)cc(Cl)cc2Cl)C(=O)/C1=C\c1ccc(-c2ccc([N+](=O)[O-])cc2)o1. The molecule has 0 atom stereocenters. The van der Waals surface area contributed by atoms with Crippen molar-refractivity contribution < 1.29 is 14.1 Å². The largest absolute Gasteiger partial charge is 0.457 e. The first-order chi connectivity index (χ1) is 14.7. The normalized spacial score (nSPS) is 15.0. The summed E-state index contributed by atoms with van der Waals surface area (Å²) in [5.74, 6) is 0.501. The van der Waals surface area contributed by atoms with Gasteiger partial charge in [0.15, 0.2) is 0 Å². The molecule has 3 aromatic rings. The lowest BCUT2D eigenvalue weighted by atomic mass is 10.1. The molecule has 2 heterocycles. The van der Waals surface area contributed by atoms with Gasteiger partial charge in [-0.3, -0.25) is 14.9 Å². The van der Waals surface area contributed by atoms with Crippen molar-refractivity contribution in [3.63, 3.8) is 0 Å². The van der Waals surface area contributed by atoms with Gasteiger partial charge in [0.05, 0.1) is 26.3 Å². The van der Waals surface area contributed by atoms with Crippen LogP contribution in [0.2, 0.25) is 15.1 Å². The Kier molecular flexibility index (Phi) is 5.58. The summed E-state index contributed by atoms with van der Waals surface area (Å²) >= 11 is 18.4. The highest BCUT2D eigenvalue weighted by molar-refractivity contribution is 6.44. The van der Waals surface area contributed by atoms with E-state index in [1.54, 1.807) is 37.3 Å². The topological polar surface area (TPSA) is 89.0 Å². The molecule has 1 aliphatic heterocycles. The van der Waals surface area contributed by atoms with Crippen LogP contribution in [0.25, 0.3) is 17.4 Å². The van der Waals surface area contributed by atoms with Crippen molar-refractivity contribution in [2.45, 2.75) is 6.92 Å². The van der Waals surface area contributed by atoms with Gasteiger partial charge in [-0.2, -0.15) is 10.1 Å². The van der Waals surface area contributed by atoms with Gasteiger partial charge in [-0.05, 0) is 49.4 Å². The number of halogens is 3. The first kappa shape index (κ1) is 21.1. The Balaban J connectivity index is 1.63. The van der Waals surface area contributed by atoms with Crippen LogP contribution in [0, 0.1) is 10.1 Å². The second kappa shape index (κ2) is 8.19. The van der Waals surface area contributed by atoms with Gasteiger partial charge in [0.2, 0.25) is 0 Å². The van der Waals surface area contributed by atoms with E-state index in [0.717, 1.165) is 5.01 Å². The first-order valence-corrected chi connectivity index (χ1v) is 9.99. The minimum absolute atomic E-state index is 0.0133. The van der Waals surface area contributed by atoms with Crippen molar-refractivity contribution in [2.24, 2.45) is 5.10 Å². The molecule has 0 fully saturated rings. The van der Waals surface area contributed by atoms with E-state index in [1.807, 2.05) is 0 Å². The van der Waals surface area contributed by atoms with Gasteiger partial charge in [0.25, 0.3) is 11.6 Å². The summed E-state index contributed by atoms with van der Waals surface area (Å²) < 4.78 is 5.79. The molecule has 0 saturated carbocycles. The number of carbonyl (C=O) groups excluding carboxylic acids is 1. The number of anilines is 1. The molecule has 10 heteroatoms. The molecule has 0 saturated heterocycles. The number of hydrazone groups is 1. The van der Waals surface area contributed by atoms with Gasteiger partial charge in [-0.15, -0.1) is 0 Å². The van der Waals surface area contributed by atoms with Crippen LogP contribution in [0.3, 0.4) is 0 Å². The van der Waals surface area contributed by atoms with Crippen LogP contribution in [0.15, 0.2) is 63.6 Å². The Morgan fingerprint density at radius 1 is 1.06 bits per heavy atom. The van der Waals surface area contributed by atoms with E-state index in [1.165, 1.54) is 24.3 Å². The predicted octanol–water partition coefficient (Wildman–Crippen LogP) is 6.62. The van der Waals surface area contributed by atoms with Crippen molar-refractivity contribution in [3.05, 3.63) is 85.0 Å². The maximum absolute atomic E-state index is 13.0. The molecular formula is C21H12Cl3N3O4. The van der Waals surface area contributed by atoms with Crippen LogP contribution < -0.4 is 5.01 Å². The van der Waals surface area contributed by atoms with E-state index in [-0.39, 0.29) is 21.4 Å². The Hall–Kier alpha value is -3.13. The molecule has 0 aliphatic carbocycles. The van der Waals surface area contributed by atoms with Gasteiger partial charge in [-0.1, -0.05) is 34.8 Å². The van der Waals surface area contributed by atoms with E-state index in [2.05, 4.69) is 5.10 Å². The van der Waals surface area contributed by atoms with Gasteiger partial charge in [0, 0.05) is 22.7 Å². The fraction of sp³-hybridized carbons (Fsp3) is 0.0476. The van der Waals surface area contributed by atoms with E-state index in [4.69, 9.17) is 39.2 Å². The Bertz CT molecular complexity index is 1260. The Morgan fingerprint density at radius 3 is 2.32 bits per heavy atom. The monoisotopic (exact) mass is 475 g/mol. The zero-order valence-corrected chi connectivity index (χ0v) is 18.1. The predicted molar refractivity (Wildman–Crippen MR) is 121 cm³/mol. The molecule has 1 aromatic heterocycles. The standard InChI is InChI=1S/C21H12Cl3N3O4/c1-11-16(21(28)26(25-11)20-17(23)8-13(22)9-18(20)24)10-15-6-7-19(31-15)12-2-4-14(5-3-12)27(29)30/h2-10H,1H3/b16-10-. The minimum Gasteiger partial charge on any atom is -0.457 e. The molecule has 0 unspecified atom stereocenters. The summed E-state index contributed by atoms with van der Waals surface area (Å²) in [6.07, 6.45) is 1.56. The number of amides is 1. The number of benzene rings is 2. The highest BCUT2D eigenvalue weighted by Crippen LogP contribution is 2.39. The lowest BCUT2D eigenvalue weighted by Crippen LogP contribution is -2.22. The summed E-state index contributed by atoms with van der Waals surface area (Å²) in [4.78, 5) is 23.3. The molecule has 1 aliphatic rings. The van der Waals surface area contributed by atoms with Crippen molar-refractivity contribution in [3.8, 4) is 11.3 Å². The molecule has 2 aromatic carbocycles. The van der Waals surface area contributed by atoms with Crippen molar-refractivity contribution in [2.75, 3.05) is 5.01 Å². The number of nitrogens with zero attached hydrogens (tertiary/aromatic N) is 3. The van der Waals surface area contributed by atoms with Crippen LogP contribution in [-0.2, 0) is 4.79 Å². The fourth-order valence-corrected chi connectivity index (χ4v) is 4.03. The quantitative estimate of drug-likeness (QED) is 0.240. The van der Waals surface area contributed by atoms with Gasteiger partial charge >= 0.3 is 0 Å². The average Bonchev–Trinajstić information content (AvgIpc) is 3.28. The van der Waals surface area contributed by atoms with Crippen LogP contribution in [0.5, 0.6) is 0 Å². The van der Waals surface area contributed by atoms with Crippen molar-refractivity contribution in [1.29, 1.82) is 0 Å². The highest BCUT2D eigenvalue weighted by Gasteiger charge is 2.32. The third-order valence-electron chi connectivity index (χ3n) is 4.53. The van der Waals surface area contributed by atoms with Crippen molar-refractivity contribution in [1.82, 2.24) is 0 Å². The number of carbonyl (C=O) groups is 1. The van der Waals surface area contributed by atoms with Crippen molar-refractivity contribution >= 4 is 63.9 Å². The molecular weight excluding hydrogens is 465 g/mol. The zero-order valence-electron chi connectivity index (χ0n) is 15.8. The van der Waals surface area contributed by atoms with Crippen LogP contribution in [0.1, 0.15) is 12.7 Å². The summed E-state index contributed by atoms with van der Waals surface area (Å²) in [5, 5.41) is 16.9. The van der Waals surface area contributed by atoms with Crippen LogP contribution in [0.4, 0.5) is 11.4 Å². The lowest BCUT2D eigenvalue weighted by Gasteiger charge is -2.15. The summed E-state index contributed by atoms with van der Waals surface area (Å²) in [6, 6.07) is 12.3. The molecule has 0 spiro atoms. The average molecular weight is 477 g/mol. The second-order valence-corrected chi connectivity index (χ2v) is 7.84. The van der Waals surface area contributed by atoms with Gasteiger partial charge in [0.1, 0.15) is 17.2 Å². The zero-order chi connectivity index (χ0) is 22.3. The highest BCUT2D eigenvalue weighted by atomic mass is 35.5. The lowest BCUT2D eigenvalue weighted by molar-refractivity contribution is -0.384. The molecule has 0 N–H and O–H groups in total. The molecule has 0 bridgehead atoms. The van der Waals surface area contributed by atoms with Gasteiger partial charge < -0.3 is 4.42 Å². The summed E-state index contributed by atoms with van der Waals surface area (Å²) in [6.45, 7) is 1.68. The van der Waals surface area contributed by atoms with Gasteiger partial charge in [-0.25, -0.2) is 0 Å². The number of hydrogen-bond donors (Lipinski definition) is 0.